The summed E-state index contributed by atoms with van der Waals surface area (Å²) in [7, 11) is 0. The van der Waals surface area contributed by atoms with Crippen LogP contribution in [0.25, 0.3) is 17.3 Å². The van der Waals surface area contributed by atoms with Crippen molar-refractivity contribution < 1.29 is 22.7 Å². The predicted molar refractivity (Wildman–Crippen MR) is 124 cm³/mol. The Bertz CT molecular complexity index is 1190. The molecular weight excluding hydrogens is 467 g/mol. The van der Waals surface area contributed by atoms with Gasteiger partial charge >= 0.3 is 6.18 Å². The number of hydrogen-bond donors (Lipinski definition) is 2. The van der Waals surface area contributed by atoms with E-state index in [9.17, 15) is 18.0 Å². The van der Waals surface area contributed by atoms with Gasteiger partial charge in [0, 0.05) is 37.5 Å². The molecule has 0 saturated carbocycles. The van der Waals surface area contributed by atoms with Crippen molar-refractivity contribution in [2.45, 2.75) is 12.7 Å². The number of thiazole rings is 1. The maximum atomic E-state index is 13.0. The lowest BCUT2D eigenvalue weighted by Crippen LogP contribution is -2.35. The molecule has 1 saturated heterocycles. The number of halogens is 3. The molecule has 34 heavy (non-hydrogen) atoms. The summed E-state index contributed by atoms with van der Waals surface area (Å²) in [6, 6.07) is 9.20. The van der Waals surface area contributed by atoms with Crippen molar-refractivity contribution in [2.24, 2.45) is 5.73 Å². The number of amides is 1. The average molecular weight is 490 g/mol. The SMILES string of the molecule is NC(=O)C=Cc1ccc(CN2CCOCC2)cc1-c1ncccc1Nc1ncc(C(F)(F)F)s1. The van der Waals surface area contributed by atoms with Gasteiger partial charge in [0.05, 0.1) is 30.8 Å². The maximum Gasteiger partial charge on any atom is 0.427 e. The normalized spacial score (nSPS) is 15.0. The Kier molecular flexibility index (Phi) is 7.25. The highest BCUT2D eigenvalue weighted by atomic mass is 32.1. The molecule has 0 spiro atoms. The molecule has 0 unspecified atom stereocenters. The zero-order chi connectivity index (χ0) is 24.1. The van der Waals surface area contributed by atoms with Crippen LogP contribution in [0.4, 0.5) is 24.0 Å². The quantitative estimate of drug-likeness (QED) is 0.481. The molecule has 0 atom stereocenters. The number of benzene rings is 1. The summed E-state index contributed by atoms with van der Waals surface area (Å²) in [5.41, 5.74) is 8.71. The van der Waals surface area contributed by atoms with Crippen LogP contribution in [0.5, 0.6) is 0 Å². The molecule has 0 bridgehead atoms. The number of pyridine rings is 1. The first-order chi connectivity index (χ1) is 16.3. The summed E-state index contributed by atoms with van der Waals surface area (Å²) in [6.45, 7) is 3.69. The van der Waals surface area contributed by atoms with Gasteiger partial charge in [-0.3, -0.25) is 14.7 Å². The minimum Gasteiger partial charge on any atom is -0.379 e. The number of nitrogens with one attached hydrogen (secondary N) is 1. The van der Waals surface area contributed by atoms with Crippen LogP contribution in [0.15, 0.2) is 48.8 Å². The van der Waals surface area contributed by atoms with Gasteiger partial charge in [0.2, 0.25) is 5.91 Å². The molecular formula is C23H22F3N5O2S. The Morgan fingerprint density at radius 2 is 2.03 bits per heavy atom. The number of carbonyl (C=O) groups is 1. The third-order valence-electron chi connectivity index (χ3n) is 5.14. The van der Waals surface area contributed by atoms with Gasteiger partial charge in [-0.05, 0) is 35.4 Å². The molecule has 1 aliphatic heterocycles. The number of carbonyl (C=O) groups excluding carboxylic acids is 1. The Hall–Kier alpha value is -3.28. The van der Waals surface area contributed by atoms with E-state index in [2.05, 4.69) is 20.2 Å². The fourth-order valence-corrected chi connectivity index (χ4v) is 4.24. The summed E-state index contributed by atoms with van der Waals surface area (Å²) in [6.07, 6.45) is 0.787. The van der Waals surface area contributed by atoms with E-state index in [4.69, 9.17) is 10.5 Å². The van der Waals surface area contributed by atoms with Crippen molar-refractivity contribution in [3.05, 3.63) is 64.8 Å². The second-order valence-corrected chi connectivity index (χ2v) is 8.63. The van der Waals surface area contributed by atoms with E-state index >= 15 is 0 Å². The van der Waals surface area contributed by atoms with Crippen LogP contribution in [0, 0.1) is 0 Å². The number of nitrogens with two attached hydrogens (primary N) is 1. The molecule has 0 aliphatic carbocycles. The van der Waals surface area contributed by atoms with Crippen LogP contribution in [0.1, 0.15) is 16.0 Å². The smallest absolute Gasteiger partial charge is 0.379 e. The van der Waals surface area contributed by atoms with E-state index in [0.29, 0.717) is 53.6 Å². The molecule has 1 aromatic carbocycles. The van der Waals surface area contributed by atoms with Crippen LogP contribution in [0.2, 0.25) is 0 Å². The second kappa shape index (κ2) is 10.3. The Morgan fingerprint density at radius 1 is 1.24 bits per heavy atom. The zero-order valence-corrected chi connectivity index (χ0v) is 18.8. The number of rotatable bonds is 7. The number of primary amides is 1. The standard InChI is InChI=1S/C23H22F3N5O2S/c24-23(25,26)19-13-29-22(34-19)30-18-2-1-7-28-21(18)17-12-15(14-31-8-10-33-11-9-31)3-4-16(17)5-6-20(27)32/h1-7,12-13H,8-11,14H2,(H2,27,32)(H,29,30). The van der Waals surface area contributed by atoms with Crippen LogP contribution in [0.3, 0.4) is 0 Å². The fraction of sp³-hybridized carbons (Fsp3) is 0.261. The minimum absolute atomic E-state index is 0.0975. The molecule has 1 fully saturated rings. The highest BCUT2D eigenvalue weighted by molar-refractivity contribution is 7.15. The number of anilines is 2. The van der Waals surface area contributed by atoms with E-state index in [1.54, 1.807) is 24.4 Å². The fourth-order valence-electron chi connectivity index (χ4n) is 3.54. The number of nitrogens with zero attached hydrogens (tertiary/aromatic N) is 3. The molecule has 3 N–H and O–H groups in total. The van der Waals surface area contributed by atoms with Crippen molar-refractivity contribution in [1.82, 2.24) is 14.9 Å². The average Bonchev–Trinajstić information content (AvgIpc) is 3.28. The van der Waals surface area contributed by atoms with Gasteiger partial charge in [0.25, 0.3) is 0 Å². The summed E-state index contributed by atoms with van der Waals surface area (Å²) in [5, 5.41) is 3.06. The Balaban J connectivity index is 1.70. The van der Waals surface area contributed by atoms with Crippen molar-refractivity contribution >= 4 is 34.1 Å². The van der Waals surface area contributed by atoms with Gasteiger partial charge in [0.1, 0.15) is 4.88 Å². The number of morpholine rings is 1. The van der Waals surface area contributed by atoms with Crippen molar-refractivity contribution in [1.29, 1.82) is 0 Å². The first-order valence-electron chi connectivity index (χ1n) is 10.5. The topological polar surface area (TPSA) is 93.4 Å². The van der Waals surface area contributed by atoms with Gasteiger partial charge in [0.15, 0.2) is 5.13 Å². The zero-order valence-electron chi connectivity index (χ0n) is 18.0. The lowest BCUT2D eigenvalue weighted by atomic mass is 9.98. The lowest BCUT2D eigenvalue weighted by molar-refractivity contribution is -0.134. The highest BCUT2D eigenvalue weighted by Crippen LogP contribution is 2.38. The molecule has 2 aromatic heterocycles. The monoisotopic (exact) mass is 489 g/mol. The van der Waals surface area contributed by atoms with Crippen LogP contribution in [-0.2, 0) is 22.3 Å². The van der Waals surface area contributed by atoms with E-state index < -0.39 is 17.0 Å². The third kappa shape index (κ3) is 5.99. The van der Waals surface area contributed by atoms with E-state index in [0.717, 1.165) is 24.8 Å². The molecule has 178 valence electrons. The summed E-state index contributed by atoms with van der Waals surface area (Å²) in [5.74, 6) is -0.592. The number of hydrogen-bond acceptors (Lipinski definition) is 7. The molecule has 4 rings (SSSR count). The first-order valence-corrected chi connectivity index (χ1v) is 11.3. The third-order valence-corrected chi connectivity index (χ3v) is 6.10. The predicted octanol–water partition coefficient (Wildman–Crippen LogP) is 4.30. The summed E-state index contributed by atoms with van der Waals surface area (Å²) >= 11 is 0.515. The summed E-state index contributed by atoms with van der Waals surface area (Å²) < 4.78 is 44.4. The number of alkyl halides is 3. The van der Waals surface area contributed by atoms with Crippen LogP contribution >= 0.6 is 11.3 Å². The number of aromatic nitrogens is 2. The van der Waals surface area contributed by atoms with E-state index in [-0.39, 0.29) is 5.13 Å². The van der Waals surface area contributed by atoms with E-state index in [1.165, 1.54) is 6.08 Å². The number of ether oxygens (including phenoxy) is 1. The highest BCUT2D eigenvalue weighted by Gasteiger charge is 2.33. The molecule has 1 aliphatic rings. The van der Waals surface area contributed by atoms with E-state index in [1.807, 2.05) is 18.2 Å². The minimum atomic E-state index is -4.46. The van der Waals surface area contributed by atoms with Crippen LogP contribution in [-0.4, -0.2) is 47.1 Å². The van der Waals surface area contributed by atoms with Gasteiger partial charge in [-0.15, -0.1) is 0 Å². The molecule has 1 amide bonds. The molecule has 7 nitrogen and oxygen atoms in total. The van der Waals surface area contributed by atoms with Gasteiger partial charge in [-0.1, -0.05) is 23.5 Å². The Labute approximate surface area is 198 Å². The largest absolute Gasteiger partial charge is 0.427 e. The Morgan fingerprint density at radius 3 is 2.74 bits per heavy atom. The van der Waals surface area contributed by atoms with Crippen molar-refractivity contribution in [3.8, 4) is 11.3 Å². The van der Waals surface area contributed by atoms with Gasteiger partial charge in [-0.25, -0.2) is 4.98 Å². The first kappa shape index (κ1) is 23.9. The summed E-state index contributed by atoms with van der Waals surface area (Å²) in [4.78, 5) is 21.1. The second-order valence-electron chi connectivity index (χ2n) is 7.60. The van der Waals surface area contributed by atoms with Gasteiger partial charge < -0.3 is 15.8 Å². The van der Waals surface area contributed by atoms with Gasteiger partial charge in [-0.2, -0.15) is 13.2 Å². The molecule has 0 radical (unpaired) electrons. The lowest BCUT2D eigenvalue weighted by Gasteiger charge is -2.27. The maximum absolute atomic E-state index is 13.0. The molecule has 3 aromatic rings. The molecule has 11 heteroatoms. The molecule has 3 heterocycles. The van der Waals surface area contributed by atoms with Crippen molar-refractivity contribution in [2.75, 3.05) is 31.6 Å². The van der Waals surface area contributed by atoms with Crippen LogP contribution < -0.4 is 11.1 Å². The van der Waals surface area contributed by atoms with Crippen molar-refractivity contribution in [3.63, 3.8) is 0 Å².